The van der Waals surface area contributed by atoms with Crippen LogP contribution in [0.1, 0.15) is 24.0 Å². The summed E-state index contributed by atoms with van der Waals surface area (Å²) in [5.41, 5.74) is 7.62. The van der Waals surface area contributed by atoms with E-state index in [0.717, 1.165) is 37.0 Å². The molecule has 2 aromatic rings. The standard InChI is InChI=1S/C23H30N4O2/c1-25-23(26-16-20-8-5-9-21(15-20)29-17-22(24)28)27-12-10-19(11-13-27)14-18-6-3-2-4-7-18/h2-9,15,19H,10-14,16-17H2,1H3,(H2,24,28)(H,25,26). The third-order valence-corrected chi connectivity index (χ3v) is 5.22. The van der Waals surface area contributed by atoms with E-state index in [1.165, 1.54) is 18.4 Å². The van der Waals surface area contributed by atoms with Crippen LogP contribution in [-0.4, -0.2) is 43.5 Å². The quantitative estimate of drug-likeness (QED) is 0.559. The minimum absolute atomic E-state index is 0.115. The molecule has 2 aromatic carbocycles. The summed E-state index contributed by atoms with van der Waals surface area (Å²) in [5.74, 6) is 1.81. The van der Waals surface area contributed by atoms with Gasteiger partial charge in [0, 0.05) is 26.7 Å². The van der Waals surface area contributed by atoms with Crippen molar-refractivity contribution in [2.75, 3.05) is 26.7 Å². The molecule has 0 unspecified atom stereocenters. The van der Waals surface area contributed by atoms with Crippen molar-refractivity contribution < 1.29 is 9.53 Å². The maximum absolute atomic E-state index is 10.9. The van der Waals surface area contributed by atoms with Crippen molar-refractivity contribution in [3.8, 4) is 5.75 Å². The van der Waals surface area contributed by atoms with Crippen molar-refractivity contribution in [3.05, 3.63) is 65.7 Å². The Morgan fingerprint density at radius 2 is 1.86 bits per heavy atom. The molecule has 0 aromatic heterocycles. The molecule has 0 spiro atoms. The van der Waals surface area contributed by atoms with Crippen LogP contribution in [-0.2, 0) is 17.8 Å². The van der Waals surface area contributed by atoms with E-state index in [4.69, 9.17) is 10.5 Å². The summed E-state index contributed by atoms with van der Waals surface area (Å²) in [6, 6.07) is 18.4. The van der Waals surface area contributed by atoms with E-state index in [0.29, 0.717) is 12.3 Å². The molecule has 0 saturated carbocycles. The van der Waals surface area contributed by atoms with E-state index in [9.17, 15) is 4.79 Å². The van der Waals surface area contributed by atoms with Gasteiger partial charge in [0.1, 0.15) is 5.75 Å². The van der Waals surface area contributed by atoms with Gasteiger partial charge in [0.25, 0.3) is 5.91 Å². The number of nitrogens with one attached hydrogen (secondary N) is 1. The Balaban J connectivity index is 1.47. The summed E-state index contributed by atoms with van der Waals surface area (Å²) in [5, 5.41) is 3.44. The Labute approximate surface area is 172 Å². The second-order valence-corrected chi connectivity index (χ2v) is 7.42. The molecule has 1 saturated heterocycles. The molecule has 154 valence electrons. The van der Waals surface area contributed by atoms with Gasteiger partial charge in [-0.25, -0.2) is 0 Å². The molecule has 3 rings (SSSR count). The van der Waals surface area contributed by atoms with Crippen molar-refractivity contribution in [2.24, 2.45) is 16.6 Å². The van der Waals surface area contributed by atoms with Gasteiger partial charge in [0.2, 0.25) is 0 Å². The van der Waals surface area contributed by atoms with Gasteiger partial charge >= 0.3 is 0 Å². The zero-order valence-electron chi connectivity index (χ0n) is 17.0. The fourth-order valence-corrected chi connectivity index (χ4v) is 3.71. The predicted octanol–water partition coefficient (Wildman–Crippen LogP) is 2.58. The van der Waals surface area contributed by atoms with Gasteiger partial charge < -0.3 is 20.7 Å². The summed E-state index contributed by atoms with van der Waals surface area (Å²) in [4.78, 5) is 17.7. The fourth-order valence-electron chi connectivity index (χ4n) is 3.71. The van der Waals surface area contributed by atoms with E-state index in [2.05, 4.69) is 45.5 Å². The maximum atomic E-state index is 10.9. The van der Waals surface area contributed by atoms with Crippen molar-refractivity contribution in [2.45, 2.75) is 25.8 Å². The second kappa shape index (κ2) is 10.5. The topological polar surface area (TPSA) is 80.0 Å². The van der Waals surface area contributed by atoms with Crippen molar-refractivity contribution in [1.29, 1.82) is 0 Å². The summed E-state index contributed by atoms with van der Waals surface area (Å²) in [6.45, 7) is 2.55. The average molecular weight is 395 g/mol. The lowest BCUT2D eigenvalue weighted by atomic mass is 9.90. The number of guanidine groups is 1. The highest BCUT2D eigenvalue weighted by Crippen LogP contribution is 2.22. The van der Waals surface area contributed by atoms with Crippen LogP contribution in [0, 0.1) is 5.92 Å². The number of primary amides is 1. The first-order chi connectivity index (χ1) is 14.1. The zero-order chi connectivity index (χ0) is 20.5. The van der Waals surface area contributed by atoms with Crippen LogP contribution in [0.2, 0.25) is 0 Å². The zero-order valence-corrected chi connectivity index (χ0v) is 17.0. The Morgan fingerprint density at radius 1 is 1.14 bits per heavy atom. The molecular formula is C23H30N4O2. The van der Waals surface area contributed by atoms with Gasteiger partial charge in [0.15, 0.2) is 12.6 Å². The van der Waals surface area contributed by atoms with Crippen LogP contribution in [0.5, 0.6) is 5.75 Å². The van der Waals surface area contributed by atoms with Gasteiger partial charge in [-0.05, 0) is 48.4 Å². The van der Waals surface area contributed by atoms with Crippen LogP contribution >= 0.6 is 0 Å². The van der Waals surface area contributed by atoms with Crippen LogP contribution in [0.3, 0.4) is 0 Å². The Morgan fingerprint density at radius 3 is 2.55 bits per heavy atom. The molecule has 6 heteroatoms. The molecule has 0 radical (unpaired) electrons. The second-order valence-electron chi connectivity index (χ2n) is 7.42. The molecule has 1 aliphatic rings. The number of carbonyl (C=O) groups is 1. The van der Waals surface area contributed by atoms with E-state index in [-0.39, 0.29) is 6.61 Å². The number of nitrogens with two attached hydrogens (primary N) is 1. The summed E-state index contributed by atoms with van der Waals surface area (Å²) in [7, 11) is 1.82. The number of benzene rings is 2. The SMILES string of the molecule is CN=C(NCc1cccc(OCC(N)=O)c1)N1CCC(Cc2ccccc2)CC1. The summed E-state index contributed by atoms with van der Waals surface area (Å²) < 4.78 is 5.38. The largest absolute Gasteiger partial charge is 0.484 e. The van der Waals surface area contributed by atoms with Crippen LogP contribution in [0.25, 0.3) is 0 Å². The lowest BCUT2D eigenvalue weighted by molar-refractivity contribution is -0.119. The van der Waals surface area contributed by atoms with Crippen molar-refractivity contribution in [1.82, 2.24) is 10.2 Å². The summed E-state index contributed by atoms with van der Waals surface area (Å²) in [6.07, 6.45) is 3.50. The highest BCUT2D eigenvalue weighted by molar-refractivity contribution is 5.80. The highest BCUT2D eigenvalue weighted by atomic mass is 16.5. The molecule has 1 amide bonds. The van der Waals surface area contributed by atoms with Crippen molar-refractivity contribution in [3.63, 3.8) is 0 Å². The first kappa shape index (κ1) is 20.7. The third kappa shape index (κ3) is 6.52. The van der Waals surface area contributed by atoms with Crippen LogP contribution < -0.4 is 15.8 Å². The van der Waals surface area contributed by atoms with E-state index in [1.807, 2.05) is 31.3 Å². The van der Waals surface area contributed by atoms with Gasteiger partial charge in [-0.3, -0.25) is 9.79 Å². The number of nitrogens with zero attached hydrogens (tertiary/aromatic N) is 2. The van der Waals surface area contributed by atoms with Gasteiger partial charge in [-0.15, -0.1) is 0 Å². The minimum Gasteiger partial charge on any atom is -0.484 e. The number of hydrogen-bond acceptors (Lipinski definition) is 3. The molecule has 1 aliphatic heterocycles. The Kier molecular flexibility index (Phi) is 7.50. The smallest absolute Gasteiger partial charge is 0.255 e. The third-order valence-electron chi connectivity index (χ3n) is 5.22. The number of rotatable bonds is 7. The van der Waals surface area contributed by atoms with E-state index in [1.54, 1.807) is 0 Å². The van der Waals surface area contributed by atoms with Crippen molar-refractivity contribution >= 4 is 11.9 Å². The minimum atomic E-state index is -0.482. The number of carbonyl (C=O) groups excluding carboxylic acids is 1. The normalized spacial score (nSPS) is 15.2. The van der Waals surface area contributed by atoms with E-state index >= 15 is 0 Å². The molecule has 0 bridgehead atoms. The first-order valence-electron chi connectivity index (χ1n) is 10.1. The Hall–Kier alpha value is -3.02. The first-order valence-corrected chi connectivity index (χ1v) is 10.1. The monoisotopic (exact) mass is 394 g/mol. The lowest BCUT2D eigenvalue weighted by Gasteiger charge is -2.34. The lowest BCUT2D eigenvalue weighted by Crippen LogP contribution is -2.45. The van der Waals surface area contributed by atoms with E-state index < -0.39 is 5.91 Å². The molecule has 0 atom stereocenters. The molecule has 3 N–H and O–H groups in total. The number of piperidine rings is 1. The number of amides is 1. The predicted molar refractivity (Wildman–Crippen MR) is 116 cm³/mol. The molecule has 29 heavy (non-hydrogen) atoms. The molecule has 1 fully saturated rings. The number of aliphatic imine (C=N–C) groups is 1. The van der Waals surface area contributed by atoms with Gasteiger partial charge in [0.05, 0.1) is 0 Å². The molecule has 0 aliphatic carbocycles. The van der Waals surface area contributed by atoms with Gasteiger partial charge in [-0.1, -0.05) is 42.5 Å². The number of ether oxygens (including phenoxy) is 1. The van der Waals surface area contributed by atoms with Crippen LogP contribution in [0.4, 0.5) is 0 Å². The van der Waals surface area contributed by atoms with Gasteiger partial charge in [-0.2, -0.15) is 0 Å². The van der Waals surface area contributed by atoms with Crippen LogP contribution in [0.15, 0.2) is 59.6 Å². The summed E-state index contributed by atoms with van der Waals surface area (Å²) >= 11 is 0. The Bertz CT molecular complexity index is 815. The fraction of sp³-hybridized carbons (Fsp3) is 0.391. The molecule has 6 nitrogen and oxygen atoms in total. The number of likely N-dealkylation sites (tertiary alicyclic amines) is 1. The maximum Gasteiger partial charge on any atom is 0.255 e. The molecule has 1 heterocycles. The average Bonchev–Trinajstić information content (AvgIpc) is 2.75. The molecular weight excluding hydrogens is 364 g/mol. The highest BCUT2D eigenvalue weighted by Gasteiger charge is 2.21. The number of hydrogen-bond donors (Lipinski definition) is 2.